The maximum atomic E-state index is 4.48. The Kier molecular flexibility index (Phi) is 4.44. The molecule has 1 aliphatic rings. The Morgan fingerprint density at radius 1 is 1.39 bits per heavy atom. The summed E-state index contributed by atoms with van der Waals surface area (Å²) in [6.45, 7) is 5.65. The number of nitrogens with zero attached hydrogens (tertiary/aromatic N) is 2. The first-order valence-electron chi connectivity index (χ1n) is 7.39. The maximum absolute atomic E-state index is 4.48. The monoisotopic (exact) mass is 249 g/mol. The molecule has 1 unspecified atom stereocenters. The molecule has 1 aliphatic carbocycles. The smallest absolute Gasteiger partial charge is 0.0537 e. The van der Waals surface area contributed by atoms with Gasteiger partial charge >= 0.3 is 0 Å². The number of aromatic nitrogens is 2. The second kappa shape index (κ2) is 5.87. The van der Waals surface area contributed by atoms with Gasteiger partial charge < -0.3 is 5.32 Å². The van der Waals surface area contributed by atoms with Crippen molar-refractivity contribution in [1.82, 2.24) is 15.1 Å². The predicted molar refractivity (Wildman–Crippen MR) is 75.5 cm³/mol. The molecule has 102 valence electrons. The van der Waals surface area contributed by atoms with Crippen LogP contribution in [-0.4, -0.2) is 16.8 Å². The highest BCUT2D eigenvalue weighted by Gasteiger charge is 2.36. The van der Waals surface area contributed by atoms with Crippen molar-refractivity contribution >= 4 is 0 Å². The van der Waals surface area contributed by atoms with Crippen molar-refractivity contribution in [1.29, 1.82) is 0 Å². The van der Waals surface area contributed by atoms with E-state index in [0.717, 1.165) is 13.0 Å². The summed E-state index contributed by atoms with van der Waals surface area (Å²) in [7, 11) is 2.09. The number of rotatable bonds is 5. The van der Waals surface area contributed by atoms with E-state index in [1.54, 1.807) is 0 Å². The highest BCUT2D eigenvalue weighted by atomic mass is 15.3. The number of nitrogens with one attached hydrogen (secondary N) is 1. The average Bonchev–Trinajstić information content (AvgIpc) is 2.79. The van der Waals surface area contributed by atoms with E-state index >= 15 is 0 Å². The largest absolute Gasteiger partial charge is 0.312 e. The predicted octanol–water partition coefficient (Wildman–Crippen LogP) is 3.52. The molecular formula is C15H27N3. The van der Waals surface area contributed by atoms with Crippen LogP contribution in [0.15, 0.2) is 12.4 Å². The molecule has 0 bridgehead atoms. The molecule has 0 aliphatic heterocycles. The summed E-state index contributed by atoms with van der Waals surface area (Å²) in [5, 5.41) is 8.01. The molecule has 18 heavy (non-hydrogen) atoms. The lowest BCUT2D eigenvalue weighted by atomic mass is 9.69. The van der Waals surface area contributed by atoms with E-state index in [1.807, 2.05) is 0 Å². The number of hydrogen-bond acceptors (Lipinski definition) is 2. The molecule has 1 atom stereocenters. The third-order valence-electron chi connectivity index (χ3n) is 4.42. The van der Waals surface area contributed by atoms with Crippen LogP contribution in [0.3, 0.4) is 0 Å². The minimum atomic E-state index is 0.396. The molecule has 2 rings (SSSR count). The fourth-order valence-corrected chi connectivity index (χ4v) is 3.45. The first-order chi connectivity index (χ1) is 8.69. The highest BCUT2D eigenvalue weighted by Crippen LogP contribution is 2.45. The van der Waals surface area contributed by atoms with Crippen LogP contribution in [0.25, 0.3) is 0 Å². The second-order valence-electron chi connectivity index (χ2n) is 5.97. The summed E-state index contributed by atoms with van der Waals surface area (Å²) in [5.74, 6) is 0. The molecule has 1 aromatic heterocycles. The highest BCUT2D eigenvalue weighted by molar-refractivity contribution is 5.14. The SMILES string of the molecule is CCCn1cc(C(NC)C2(C)CCCCC2)cn1. The molecule has 1 fully saturated rings. The zero-order valence-electron chi connectivity index (χ0n) is 12.1. The van der Waals surface area contributed by atoms with Gasteiger partial charge in [-0.05, 0) is 31.7 Å². The van der Waals surface area contributed by atoms with Gasteiger partial charge in [-0.25, -0.2) is 0 Å². The topological polar surface area (TPSA) is 29.9 Å². The van der Waals surface area contributed by atoms with E-state index in [1.165, 1.54) is 37.7 Å². The zero-order chi connectivity index (χ0) is 13.0. The van der Waals surface area contributed by atoms with Crippen molar-refractivity contribution in [3.05, 3.63) is 18.0 Å². The molecular weight excluding hydrogens is 222 g/mol. The standard InChI is InChI=1S/C15H27N3/c1-4-10-18-12-13(11-17-18)14(16-3)15(2)8-6-5-7-9-15/h11-12,14,16H,4-10H2,1-3H3. The summed E-state index contributed by atoms with van der Waals surface area (Å²) < 4.78 is 2.08. The van der Waals surface area contributed by atoms with Gasteiger partial charge in [-0.3, -0.25) is 4.68 Å². The van der Waals surface area contributed by atoms with Crippen LogP contribution >= 0.6 is 0 Å². The second-order valence-corrected chi connectivity index (χ2v) is 5.97. The Bertz CT molecular complexity index is 364. The summed E-state index contributed by atoms with van der Waals surface area (Å²) in [6.07, 6.45) is 12.2. The summed E-state index contributed by atoms with van der Waals surface area (Å²) >= 11 is 0. The minimum Gasteiger partial charge on any atom is -0.312 e. The quantitative estimate of drug-likeness (QED) is 0.865. The van der Waals surface area contributed by atoms with E-state index in [0.29, 0.717) is 11.5 Å². The van der Waals surface area contributed by atoms with Gasteiger partial charge in [-0.2, -0.15) is 5.10 Å². The van der Waals surface area contributed by atoms with Gasteiger partial charge in [-0.15, -0.1) is 0 Å². The van der Waals surface area contributed by atoms with Crippen LogP contribution in [0.5, 0.6) is 0 Å². The first-order valence-corrected chi connectivity index (χ1v) is 7.39. The minimum absolute atomic E-state index is 0.396. The number of aryl methyl sites for hydroxylation is 1. The third kappa shape index (κ3) is 2.77. The van der Waals surface area contributed by atoms with Gasteiger partial charge in [0, 0.05) is 24.3 Å². The maximum Gasteiger partial charge on any atom is 0.0537 e. The molecule has 0 aromatic carbocycles. The Hall–Kier alpha value is -0.830. The average molecular weight is 249 g/mol. The Balaban J connectivity index is 2.15. The van der Waals surface area contributed by atoms with Crippen molar-refractivity contribution < 1.29 is 0 Å². The summed E-state index contributed by atoms with van der Waals surface area (Å²) in [5.41, 5.74) is 1.75. The summed E-state index contributed by atoms with van der Waals surface area (Å²) in [4.78, 5) is 0. The van der Waals surface area contributed by atoms with Crippen LogP contribution < -0.4 is 5.32 Å². The fraction of sp³-hybridized carbons (Fsp3) is 0.800. The van der Waals surface area contributed by atoms with Crippen molar-refractivity contribution in [2.24, 2.45) is 5.41 Å². The van der Waals surface area contributed by atoms with Crippen LogP contribution in [0, 0.1) is 5.41 Å². The Labute approximate surface area is 111 Å². The van der Waals surface area contributed by atoms with Crippen molar-refractivity contribution in [3.63, 3.8) is 0 Å². The lowest BCUT2D eigenvalue weighted by Crippen LogP contribution is -2.35. The van der Waals surface area contributed by atoms with Crippen LogP contribution in [0.4, 0.5) is 0 Å². The van der Waals surface area contributed by atoms with Crippen molar-refractivity contribution in [2.45, 2.75) is 65.0 Å². The first kappa shape index (κ1) is 13.6. The molecule has 0 spiro atoms. The van der Waals surface area contributed by atoms with Crippen molar-refractivity contribution in [2.75, 3.05) is 7.05 Å². The van der Waals surface area contributed by atoms with E-state index in [4.69, 9.17) is 0 Å². The molecule has 0 saturated heterocycles. The zero-order valence-corrected chi connectivity index (χ0v) is 12.1. The van der Waals surface area contributed by atoms with E-state index in [2.05, 4.69) is 48.4 Å². The molecule has 1 heterocycles. The Morgan fingerprint density at radius 3 is 2.72 bits per heavy atom. The van der Waals surface area contributed by atoms with E-state index in [-0.39, 0.29) is 0 Å². The van der Waals surface area contributed by atoms with Gasteiger partial charge in [0.25, 0.3) is 0 Å². The van der Waals surface area contributed by atoms with Gasteiger partial charge in [0.05, 0.1) is 6.20 Å². The Morgan fingerprint density at radius 2 is 2.11 bits per heavy atom. The molecule has 1 N–H and O–H groups in total. The van der Waals surface area contributed by atoms with E-state index in [9.17, 15) is 0 Å². The molecule has 3 heteroatoms. The fourth-order valence-electron chi connectivity index (χ4n) is 3.45. The molecule has 0 radical (unpaired) electrons. The third-order valence-corrected chi connectivity index (χ3v) is 4.42. The molecule has 3 nitrogen and oxygen atoms in total. The molecule has 1 aromatic rings. The van der Waals surface area contributed by atoms with Gasteiger partial charge in [0.1, 0.15) is 0 Å². The summed E-state index contributed by atoms with van der Waals surface area (Å²) in [6, 6.07) is 0.448. The van der Waals surface area contributed by atoms with Gasteiger partial charge in [0.2, 0.25) is 0 Å². The molecule has 1 saturated carbocycles. The van der Waals surface area contributed by atoms with Crippen LogP contribution in [0.2, 0.25) is 0 Å². The van der Waals surface area contributed by atoms with Crippen LogP contribution in [-0.2, 0) is 6.54 Å². The van der Waals surface area contributed by atoms with Gasteiger partial charge in [0.15, 0.2) is 0 Å². The normalized spacial score (nSPS) is 20.8. The lowest BCUT2D eigenvalue weighted by molar-refractivity contribution is 0.150. The van der Waals surface area contributed by atoms with Crippen molar-refractivity contribution in [3.8, 4) is 0 Å². The molecule has 0 amide bonds. The van der Waals surface area contributed by atoms with E-state index < -0.39 is 0 Å². The number of hydrogen-bond donors (Lipinski definition) is 1. The lowest BCUT2D eigenvalue weighted by Gasteiger charge is -2.40. The van der Waals surface area contributed by atoms with Gasteiger partial charge in [-0.1, -0.05) is 33.1 Å². The van der Waals surface area contributed by atoms with Crippen LogP contribution in [0.1, 0.15) is 64.0 Å².